The van der Waals surface area contributed by atoms with Gasteiger partial charge in [0.1, 0.15) is 11.9 Å². The lowest BCUT2D eigenvalue weighted by Gasteiger charge is -2.30. The molecule has 2 aromatic rings. The molecule has 104 valence electrons. The van der Waals surface area contributed by atoms with E-state index in [0.29, 0.717) is 23.3 Å². The van der Waals surface area contributed by atoms with Gasteiger partial charge >= 0.3 is 0 Å². The van der Waals surface area contributed by atoms with Crippen LogP contribution in [0.5, 0.6) is 5.75 Å². The second kappa shape index (κ2) is 5.14. The van der Waals surface area contributed by atoms with Crippen molar-refractivity contribution in [1.29, 1.82) is 0 Å². The zero-order chi connectivity index (χ0) is 14.3. The molecule has 0 aliphatic carbocycles. The van der Waals surface area contributed by atoms with Gasteiger partial charge in [-0.1, -0.05) is 28.1 Å². The number of hydrogen-bond acceptors (Lipinski definition) is 2. The molecule has 1 aliphatic heterocycles. The Bertz CT molecular complexity index is 660. The third-order valence-corrected chi connectivity index (χ3v) is 3.85. The molecular weight excluding hydrogens is 330 g/mol. The predicted molar refractivity (Wildman–Crippen MR) is 73.4 cm³/mol. The summed E-state index contributed by atoms with van der Waals surface area (Å²) in [6.45, 7) is 0. The molecule has 3 rings (SSSR count). The molecule has 1 heterocycles. The largest absolute Gasteiger partial charge is 0.485 e. The van der Waals surface area contributed by atoms with Crippen LogP contribution in [0.15, 0.2) is 40.9 Å². The topological polar surface area (TPSA) is 29.5 Å². The van der Waals surface area contributed by atoms with E-state index >= 15 is 0 Å². The first kappa shape index (κ1) is 13.5. The molecule has 0 saturated heterocycles. The van der Waals surface area contributed by atoms with E-state index < -0.39 is 23.8 Å². The van der Waals surface area contributed by atoms with E-state index in [0.717, 1.165) is 16.6 Å². The zero-order valence-electron chi connectivity index (χ0n) is 10.3. The van der Waals surface area contributed by atoms with Crippen molar-refractivity contribution >= 4 is 15.9 Å². The Hall–Kier alpha value is -1.46. The van der Waals surface area contributed by atoms with E-state index in [9.17, 15) is 13.9 Å². The highest BCUT2D eigenvalue weighted by Gasteiger charge is 2.28. The van der Waals surface area contributed by atoms with Gasteiger partial charge in [0.15, 0.2) is 11.6 Å². The lowest BCUT2D eigenvalue weighted by Crippen LogP contribution is -2.19. The zero-order valence-corrected chi connectivity index (χ0v) is 11.9. The molecule has 5 heteroatoms. The third-order valence-electron chi connectivity index (χ3n) is 3.36. The Labute approximate surface area is 123 Å². The highest BCUT2D eigenvalue weighted by molar-refractivity contribution is 9.10. The molecule has 1 aliphatic rings. The summed E-state index contributed by atoms with van der Waals surface area (Å²) in [4.78, 5) is 0. The number of halogens is 3. The maximum Gasteiger partial charge on any atom is 0.159 e. The minimum Gasteiger partial charge on any atom is -0.485 e. The fourth-order valence-corrected chi connectivity index (χ4v) is 2.67. The van der Waals surface area contributed by atoms with Gasteiger partial charge in [0.05, 0.1) is 6.10 Å². The smallest absolute Gasteiger partial charge is 0.159 e. The van der Waals surface area contributed by atoms with Gasteiger partial charge in [0.25, 0.3) is 0 Å². The molecule has 0 bridgehead atoms. The van der Waals surface area contributed by atoms with Crippen LogP contribution in [-0.2, 0) is 0 Å². The first-order chi connectivity index (χ1) is 9.54. The Morgan fingerprint density at radius 2 is 1.90 bits per heavy atom. The summed E-state index contributed by atoms with van der Waals surface area (Å²) in [6.07, 6.45) is -0.883. The van der Waals surface area contributed by atoms with E-state index in [1.165, 1.54) is 6.07 Å². The second-order valence-corrected chi connectivity index (χ2v) is 5.63. The van der Waals surface area contributed by atoms with E-state index in [-0.39, 0.29) is 0 Å². The van der Waals surface area contributed by atoms with Crippen LogP contribution in [0.2, 0.25) is 0 Å². The van der Waals surface area contributed by atoms with Gasteiger partial charge < -0.3 is 9.84 Å². The first-order valence-corrected chi connectivity index (χ1v) is 6.93. The van der Waals surface area contributed by atoms with E-state index in [1.807, 2.05) is 6.07 Å². The Morgan fingerprint density at radius 1 is 1.10 bits per heavy atom. The minimum atomic E-state index is -0.916. The molecule has 0 radical (unpaired) electrons. The van der Waals surface area contributed by atoms with Crippen molar-refractivity contribution < 1.29 is 18.6 Å². The summed E-state index contributed by atoms with van der Waals surface area (Å²) >= 11 is 3.34. The Morgan fingerprint density at radius 3 is 2.65 bits per heavy atom. The van der Waals surface area contributed by atoms with Crippen LogP contribution in [0, 0.1) is 11.6 Å². The van der Waals surface area contributed by atoms with Crippen LogP contribution in [0.4, 0.5) is 8.78 Å². The van der Waals surface area contributed by atoms with Crippen molar-refractivity contribution in [3.63, 3.8) is 0 Å². The molecule has 0 aromatic heterocycles. The van der Waals surface area contributed by atoms with Crippen LogP contribution in [0.3, 0.4) is 0 Å². The van der Waals surface area contributed by atoms with Crippen molar-refractivity contribution in [3.05, 3.63) is 63.6 Å². The molecule has 2 atom stereocenters. The van der Waals surface area contributed by atoms with E-state index in [4.69, 9.17) is 4.74 Å². The van der Waals surface area contributed by atoms with Gasteiger partial charge in [-0.25, -0.2) is 8.78 Å². The van der Waals surface area contributed by atoms with Crippen molar-refractivity contribution in [2.75, 3.05) is 0 Å². The lowest BCUT2D eigenvalue weighted by molar-refractivity contribution is 0.0655. The van der Waals surface area contributed by atoms with Crippen LogP contribution >= 0.6 is 15.9 Å². The molecule has 0 fully saturated rings. The second-order valence-electron chi connectivity index (χ2n) is 4.71. The molecule has 1 N–H and O–H groups in total. The number of fused-ring (bicyclic) bond motifs is 1. The standard InChI is InChI=1S/C15H11BrF2O2/c16-9-2-3-10-13(19)7-14(20-15(10)6-9)8-1-4-11(17)12(18)5-8/h1-6,13-14,19H,7H2/t13-,14?/m0/s1. The fourth-order valence-electron chi connectivity index (χ4n) is 2.33. The van der Waals surface area contributed by atoms with Crippen molar-refractivity contribution in [2.24, 2.45) is 0 Å². The summed E-state index contributed by atoms with van der Waals surface area (Å²) in [5, 5.41) is 10.1. The number of hydrogen-bond donors (Lipinski definition) is 1. The maximum absolute atomic E-state index is 13.3. The summed E-state index contributed by atoms with van der Waals surface area (Å²) in [5.41, 5.74) is 1.21. The molecule has 20 heavy (non-hydrogen) atoms. The van der Waals surface area contributed by atoms with Gasteiger partial charge in [0.2, 0.25) is 0 Å². The molecule has 0 amide bonds. The lowest BCUT2D eigenvalue weighted by atomic mass is 9.95. The number of rotatable bonds is 1. The van der Waals surface area contributed by atoms with E-state index in [2.05, 4.69) is 15.9 Å². The van der Waals surface area contributed by atoms with Crippen LogP contribution in [0.1, 0.15) is 29.8 Å². The van der Waals surface area contributed by atoms with E-state index in [1.54, 1.807) is 12.1 Å². The van der Waals surface area contributed by atoms with Crippen molar-refractivity contribution in [2.45, 2.75) is 18.6 Å². The predicted octanol–water partition coefficient (Wildman–Crippen LogP) is 4.28. The number of aliphatic hydroxyl groups is 1. The normalized spacial score (nSPS) is 21.2. The first-order valence-electron chi connectivity index (χ1n) is 6.13. The quantitative estimate of drug-likeness (QED) is 0.839. The highest BCUT2D eigenvalue weighted by atomic mass is 79.9. The monoisotopic (exact) mass is 340 g/mol. The van der Waals surface area contributed by atoms with Crippen molar-refractivity contribution in [1.82, 2.24) is 0 Å². The molecule has 2 aromatic carbocycles. The summed E-state index contributed by atoms with van der Waals surface area (Å²) < 4.78 is 32.9. The molecule has 2 nitrogen and oxygen atoms in total. The highest BCUT2D eigenvalue weighted by Crippen LogP contribution is 2.41. The molecule has 1 unspecified atom stereocenters. The molecule has 0 saturated carbocycles. The fraction of sp³-hybridized carbons (Fsp3) is 0.200. The SMILES string of the molecule is O[C@H]1CC(c2ccc(F)c(F)c2)Oc2cc(Br)ccc21. The van der Waals surface area contributed by atoms with Gasteiger partial charge in [-0.15, -0.1) is 0 Å². The third kappa shape index (κ3) is 2.43. The average Bonchev–Trinajstić information content (AvgIpc) is 2.41. The van der Waals surface area contributed by atoms with Gasteiger partial charge in [-0.3, -0.25) is 0 Å². The number of aliphatic hydroxyl groups excluding tert-OH is 1. The van der Waals surface area contributed by atoms with Gasteiger partial charge in [-0.2, -0.15) is 0 Å². The average molecular weight is 341 g/mol. The van der Waals surface area contributed by atoms with Gasteiger partial charge in [-0.05, 0) is 29.8 Å². The minimum absolute atomic E-state index is 0.305. The number of ether oxygens (including phenoxy) is 1. The summed E-state index contributed by atoms with van der Waals surface area (Å²) in [5.74, 6) is -1.26. The molecule has 0 spiro atoms. The van der Waals surface area contributed by atoms with Gasteiger partial charge in [0, 0.05) is 16.5 Å². The van der Waals surface area contributed by atoms with Crippen molar-refractivity contribution in [3.8, 4) is 5.75 Å². The Kier molecular flexibility index (Phi) is 3.48. The van der Waals surface area contributed by atoms with Crippen LogP contribution in [-0.4, -0.2) is 5.11 Å². The maximum atomic E-state index is 13.3. The number of benzene rings is 2. The molecular formula is C15H11BrF2O2. The Balaban J connectivity index is 1.96. The summed E-state index contributed by atoms with van der Waals surface area (Å²) in [6, 6.07) is 9.00. The summed E-state index contributed by atoms with van der Waals surface area (Å²) in [7, 11) is 0. The van der Waals surface area contributed by atoms with Crippen LogP contribution in [0.25, 0.3) is 0 Å². The van der Waals surface area contributed by atoms with Crippen LogP contribution < -0.4 is 4.74 Å².